The molecule has 1 rings (SSSR count). The van der Waals surface area contributed by atoms with Gasteiger partial charge in [0.05, 0.1) is 0 Å². The van der Waals surface area contributed by atoms with Crippen molar-refractivity contribution < 1.29 is 9.53 Å². The predicted molar refractivity (Wildman–Crippen MR) is 93.6 cm³/mol. The third-order valence-electron chi connectivity index (χ3n) is 4.68. The Kier molecular flexibility index (Phi) is 7.92. The quantitative estimate of drug-likeness (QED) is 0.358. The third-order valence-corrected chi connectivity index (χ3v) is 4.68. The average molecular weight is 306 g/mol. The van der Waals surface area contributed by atoms with Crippen LogP contribution < -0.4 is 0 Å². The van der Waals surface area contributed by atoms with E-state index in [1.807, 2.05) is 6.92 Å². The van der Waals surface area contributed by atoms with Crippen molar-refractivity contribution in [3.05, 3.63) is 23.3 Å². The van der Waals surface area contributed by atoms with Crippen molar-refractivity contribution in [2.45, 2.75) is 79.8 Å². The fourth-order valence-electron chi connectivity index (χ4n) is 3.30. The van der Waals surface area contributed by atoms with E-state index in [0.29, 0.717) is 17.8 Å². The summed E-state index contributed by atoms with van der Waals surface area (Å²) in [5, 5.41) is 0. The normalized spacial score (nSPS) is 26.0. The summed E-state index contributed by atoms with van der Waals surface area (Å²) in [7, 11) is 0. The molecule has 0 unspecified atom stereocenters. The first-order valence-electron chi connectivity index (χ1n) is 8.80. The summed E-state index contributed by atoms with van der Waals surface area (Å²) < 4.78 is 5.80. The lowest BCUT2D eigenvalue weighted by molar-refractivity contribution is -0.149. The summed E-state index contributed by atoms with van der Waals surface area (Å²) in [6.07, 6.45) is 9.36. The zero-order valence-corrected chi connectivity index (χ0v) is 15.3. The van der Waals surface area contributed by atoms with Crippen LogP contribution in [-0.4, -0.2) is 12.1 Å². The number of hydrogen-bond donors (Lipinski definition) is 0. The van der Waals surface area contributed by atoms with Gasteiger partial charge in [-0.05, 0) is 64.2 Å². The standard InChI is InChI=1S/C20H34O2/c1-14(2)8-7-9-16(5)13-20(21)22-19-12-17(6)10-11-18(19)15(3)4/h8,13,15,17-19H,7,9-12H2,1-6H3/b16-13+/t17-,18+,19-/m0/s1. The van der Waals surface area contributed by atoms with Crippen molar-refractivity contribution in [2.24, 2.45) is 17.8 Å². The summed E-state index contributed by atoms with van der Waals surface area (Å²) in [5.74, 6) is 1.60. The molecule has 126 valence electrons. The number of allylic oxidation sites excluding steroid dienone is 3. The van der Waals surface area contributed by atoms with Crippen molar-refractivity contribution in [1.29, 1.82) is 0 Å². The SMILES string of the molecule is CC(C)=CCC/C(C)=C/C(=O)O[C@H]1C[C@@H](C)CC[C@@H]1C(C)C. The summed E-state index contributed by atoms with van der Waals surface area (Å²) in [6.45, 7) is 13.0. The smallest absolute Gasteiger partial charge is 0.330 e. The molecule has 0 spiro atoms. The minimum atomic E-state index is -0.153. The molecule has 0 aromatic rings. The lowest BCUT2D eigenvalue weighted by Crippen LogP contribution is -2.35. The van der Waals surface area contributed by atoms with Crippen molar-refractivity contribution in [1.82, 2.24) is 0 Å². The molecule has 2 nitrogen and oxygen atoms in total. The molecule has 0 heterocycles. The van der Waals surface area contributed by atoms with Gasteiger partial charge in [-0.15, -0.1) is 0 Å². The van der Waals surface area contributed by atoms with Gasteiger partial charge in [-0.25, -0.2) is 4.79 Å². The lowest BCUT2D eigenvalue weighted by atomic mass is 9.75. The molecule has 0 amide bonds. The summed E-state index contributed by atoms with van der Waals surface area (Å²) in [5.41, 5.74) is 2.43. The van der Waals surface area contributed by atoms with E-state index in [4.69, 9.17) is 4.74 Å². The zero-order chi connectivity index (χ0) is 16.7. The first kappa shape index (κ1) is 19.0. The minimum Gasteiger partial charge on any atom is -0.459 e. The van der Waals surface area contributed by atoms with Crippen molar-refractivity contribution >= 4 is 5.97 Å². The molecule has 3 atom stereocenters. The second-order valence-electron chi connectivity index (χ2n) is 7.61. The van der Waals surface area contributed by atoms with Crippen LogP contribution in [0.2, 0.25) is 0 Å². The molecule has 0 bridgehead atoms. The second-order valence-corrected chi connectivity index (χ2v) is 7.61. The van der Waals surface area contributed by atoms with Crippen molar-refractivity contribution in [2.75, 3.05) is 0 Å². The van der Waals surface area contributed by atoms with Gasteiger partial charge >= 0.3 is 5.97 Å². The second kappa shape index (κ2) is 9.17. The van der Waals surface area contributed by atoms with Crippen molar-refractivity contribution in [3.8, 4) is 0 Å². The molecule has 0 aromatic heterocycles. The highest BCUT2D eigenvalue weighted by atomic mass is 16.5. The van der Waals surface area contributed by atoms with E-state index in [2.05, 4.69) is 40.7 Å². The highest BCUT2D eigenvalue weighted by Gasteiger charge is 2.32. The van der Waals surface area contributed by atoms with Crippen LogP contribution in [0.5, 0.6) is 0 Å². The van der Waals surface area contributed by atoms with Crippen LogP contribution in [-0.2, 0) is 9.53 Å². The Hall–Kier alpha value is -1.05. The minimum absolute atomic E-state index is 0.0954. The number of carbonyl (C=O) groups is 1. The molecule has 0 aliphatic heterocycles. The Balaban J connectivity index is 2.55. The molecule has 0 aromatic carbocycles. The van der Waals surface area contributed by atoms with Crippen LogP contribution in [0.15, 0.2) is 23.3 Å². The zero-order valence-electron chi connectivity index (χ0n) is 15.3. The number of esters is 1. The Morgan fingerprint density at radius 2 is 1.91 bits per heavy atom. The largest absolute Gasteiger partial charge is 0.459 e. The maximum Gasteiger partial charge on any atom is 0.330 e. The fraction of sp³-hybridized carbons (Fsp3) is 0.750. The molecule has 2 heteroatoms. The van der Waals surface area contributed by atoms with Crippen LogP contribution >= 0.6 is 0 Å². The van der Waals surface area contributed by atoms with E-state index < -0.39 is 0 Å². The third kappa shape index (κ3) is 6.81. The first-order chi connectivity index (χ1) is 10.3. The van der Waals surface area contributed by atoms with E-state index in [-0.39, 0.29) is 12.1 Å². The van der Waals surface area contributed by atoms with E-state index in [1.54, 1.807) is 6.08 Å². The molecule has 1 fully saturated rings. The van der Waals surface area contributed by atoms with Gasteiger partial charge in [0.25, 0.3) is 0 Å². The number of ether oxygens (including phenoxy) is 1. The van der Waals surface area contributed by atoms with E-state index in [9.17, 15) is 4.79 Å². The van der Waals surface area contributed by atoms with E-state index in [1.165, 1.54) is 18.4 Å². The van der Waals surface area contributed by atoms with Crippen LogP contribution in [0, 0.1) is 17.8 Å². The van der Waals surface area contributed by atoms with Gasteiger partial charge in [0.1, 0.15) is 6.10 Å². The highest BCUT2D eigenvalue weighted by Crippen LogP contribution is 2.35. The Morgan fingerprint density at radius 1 is 1.23 bits per heavy atom. The average Bonchev–Trinajstić information content (AvgIpc) is 2.37. The maximum absolute atomic E-state index is 12.2. The number of carbonyl (C=O) groups excluding carboxylic acids is 1. The van der Waals surface area contributed by atoms with Gasteiger partial charge in [-0.1, -0.05) is 44.4 Å². The summed E-state index contributed by atoms with van der Waals surface area (Å²) in [6, 6.07) is 0. The van der Waals surface area contributed by atoms with Crippen LogP contribution in [0.1, 0.15) is 73.6 Å². The fourth-order valence-corrected chi connectivity index (χ4v) is 3.30. The molecule has 22 heavy (non-hydrogen) atoms. The number of hydrogen-bond acceptors (Lipinski definition) is 2. The molecule has 0 radical (unpaired) electrons. The van der Waals surface area contributed by atoms with Gasteiger partial charge in [0.2, 0.25) is 0 Å². The molecule has 0 N–H and O–H groups in total. The van der Waals surface area contributed by atoms with E-state index in [0.717, 1.165) is 24.8 Å². The Morgan fingerprint density at radius 3 is 2.50 bits per heavy atom. The molecule has 1 saturated carbocycles. The number of rotatable bonds is 6. The van der Waals surface area contributed by atoms with Gasteiger partial charge in [0, 0.05) is 6.08 Å². The van der Waals surface area contributed by atoms with Crippen LogP contribution in [0.4, 0.5) is 0 Å². The Labute approximate surface area is 137 Å². The van der Waals surface area contributed by atoms with E-state index >= 15 is 0 Å². The first-order valence-corrected chi connectivity index (χ1v) is 8.80. The molecular formula is C20H34O2. The maximum atomic E-state index is 12.2. The molecular weight excluding hydrogens is 272 g/mol. The van der Waals surface area contributed by atoms with Gasteiger partial charge in [-0.3, -0.25) is 0 Å². The predicted octanol–water partition coefficient (Wildman–Crippen LogP) is 5.68. The summed E-state index contributed by atoms with van der Waals surface area (Å²) >= 11 is 0. The van der Waals surface area contributed by atoms with Crippen molar-refractivity contribution in [3.63, 3.8) is 0 Å². The van der Waals surface area contributed by atoms with Crippen LogP contribution in [0.3, 0.4) is 0 Å². The highest BCUT2D eigenvalue weighted by molar-refractivity contribution is 5.82. The van der Waals surface area contributed by atoms with Gasteiger partial charge in [-0.2, -0.15) is 0 Å². The summed E-state index contributed by atoms with van der Waals surface area (Å²) in [4.78, 5) is 12.2. The Bertz CT molecular complexity index is 413. The monoisotopic (exact) mass is 306 g/mol. The van der Waals surface area contributed by atoms with Gasteiger partial charge in [0.15, 0.2) is 0 Å². The molecule has 1 aliphatic rings. The van der Waals surface area contributed by atoms with Crippen LogP contribution in [0.25, 0.3) is 0 Å². The topological polar surface area (TPSA) is 26.3 Å². The molecule has 0 saturated heterocycles. The lowest BCUT2D eigenvalue weighted by Gasteiger charge is -2.36. The van der Waals surface area contributed by atoms with Gasteiger partial charge < -0.3 is 4.74 Å². The molecule has 1 aliphatic carbocycles.